The summed E-state index contributed by atoms with van der Waals surface area (Å²) in [7, 11) is 1.55. The van der Waals surface area contributed by atoms with Crippen molar-refractivity contribution >= 4 is 48.0 Å². The number of hydrogen-bond acceptors (Lipinski definition) is 25. The van der Waals surface area contributed by atoms with Crippen LogP contribution in [0.5, 0.6) is 5.75 Å². The number of anilines is 1. The molecular formula is C69H90N5O23STb-. The molecule has 11 fully saturated rings. The third-order valence-corrected chi connectivity index (χ3v) is 20.8. The molecule has 3 amide bonds. The van der Waals surface area contributed by atoms with E-state index in [1.807, 2.05) is 0 Å². The summed E-state index contributed by atoms with van der Waals surface area (Å²) in [6.45, 7) is 10.6. The van der Waals surface area contributed by atoms with Crippen molar-refractivity contribution in [2.75, 3.05) is 38.7 Å². The van der Waals surface area contributed by atoms with Crippen LogP contribution in [0.15, 0.2) is 60.1 Å². The third-order valence-electron chi connectivity index (χ3n) is 20.5. The van der Waals surface area contributed by atoms with Crippen LogP contribution in [0.2, 0.25) is 0 Å². The summed E-state index contributed by atoms with van der Waals surface area (Å²) in [5, 5.41) is 61.1. The first kappa shape index (κ1) is 75.6. The number of aliphatic hydroxyl groups is 4. The third kappa shape index (κ3) is 18.3. The molecule has 28 nitrogen and oxygen atoms in total. The zero-order valence-electron chi connectivity index (χ0n) is 55.4. The van der Waals surface area contributed by atoms with Crippen LogP contribution in [0, 0.1) is 62.3 Å². The van der Waals surface area contributed by atoms with Gasteiger partial charge in [0.25, 0.3) is 0 Å². The molecule has 12 heterocycles. The number of benzene rings is 1. The molecule has 99 heavy (non-hydrogen) atoms. The number of hydrogen-bond donors (Lipinski definition) is 8. The predicted octanol–water partition coefficient (Wildman–Crippen LogP) is 3.06. The number of ketones is 1. The summed E-state index contributed by atoms with van der Waals surface area (Å²) in [6, 6.07) is 4.16. The van der Waals surface area contributed by atoms with Crippen molar-refractivity contribution in [3.8, 4) is 17.6 Å². The topological polar surface area (TPSA) is 368 Å². The maximum atomic E-state index is 14.6. The van der Waals surface area contributed by atoms with Gasteiger partial charge in [0.2, 0.25) is 18.1 Å². The van der Waals surface area contributed by atoms with Crippen LogP contribution in [-0.4, -0.2) is 233 Å². The van der Waals surface area contributed by atoms with Gasteiger partial charge in [0, 0.05) is 134 Å². The van der Waals surface area contributed by atoms with E-state index in [9.17, 15) is 49.5 Å². The minimum atomic E-state index is -2.00. The molecule has 24 atom stereocenters. The molecule has 2 aromatic rings. The first-order chi connectivity index (χ1) is 47.2. The molecule has 30 heteroatoms. The summed E-state index contributed by atoms with van der Waals surface area (Å²) in [4.78, 5) is 73.4. The summed E-state index contributed by atoms with van der Waals surface area (Å²) < 4.78 is 83.1. The van der Waals surface area contributed by atoms with Gasteiger partial charge in [-0.2, -0.15) is 0 Å². The van der Waals surface area contributed by atoms with Crippen LogP contribution in [0.25, 0.3) is 0 Å². The monoisotopic (exact) mass is 1550 g/mol. The number of carbonyl (C=O) groups excluding carboxylic acids is 4. The van der Waals surface area contributed by atoms with E-state index in [1.165, 1.54) is 30.6 Å². The number of nitrogens with zero attached hydrogens (tertiary/aromatic N) is 2. The number of carbonyl (C=O) groups is 5. The van der Waals surface area contributed by atoms with E-state index in [2.05, 4.69) is 57.8 Å². The first-order valence-electron chi connectivity index (χ1n) is 34.3. The second kappa shape index (κ2) is 33.9. The summed E-state index contributed by atoms with van der Waals surface area (Å²) in [5.41, 5.74) is 2.88. The molecule has 12 bridgehead atoms. The van der Waals surface area contributed by atoms with Crippen molar-refractivity contribution in [1.82, 2.24) is 20.6 Å². The summed E-state index contributed by atoms with van der Waals surface area (Å²) in [6.07, 6.45) is -6.15. The molecule has 2 unspecified atom stereocenters. The Bertz CT molecular complexity index is 3270. The van der Waals surface area contributed by atoms with Gasteiger partial charge in [-0.3, -0.25) is 24.4 Å². The van der Waals surface area contributed by atoms with Gasteiger partial charge in [0.05, 0.1) is 98.0 Å². The van der Waals surface area contributed by atoms with Crippen molar-refractivity contribution in [1.29, 1.82) is 0 Å². The zero-order valence-corrected chi connectivity index (χ0v) is 58.3. The van der Waals surface area contributed by atoms with Crippen molar-refractivity contribution < 1.29 is 150 Å². The number of fused-ring (bicyclic) bond motifs is 6. The minimum absolute atomic E-state index is 0. The van der Waals surface area contributed by atoms with Crippen molar-refractivity contribution in [2.45, 2.75) is 262 Å². The maximum Gasteiger partial charge on any atom is 0.407 e. The molecule has 8 N–H and O–H groups in total. The van der Waals surface area contributed by atoms with Gasteiger partial charge < -0.3 is 116 Å². The first-order valence-corrected chi connectivity index (χ1v) is 34.7. The van der Waals surface area contributed by atoms with Crippen molar-refractivity contribution in [3.63, 3.8) is 0 Å². The number of unbranched alkanes of at least 4 members (excludes halogenated alkanes) is 1. The van der Waals surface area contributed by atoms with Gasteiger partial charge in [-0.05, 0) is 86.1 Å². The van der Waals surface area contributed by atoms with Crippen LogP contribution in [0.3, 0.4) is 0 Å². The molecule has 11 saturated heterocycles. The fourth-order valence-electron chi connectivity index (χ4n) is 15.5. The minimum Gasteiger partial charge on any atom is -0.740 e. The van der Waals surface area contributed by atoms with Gasteiger partial charge in [-0.25, -0.2) is 9.59 Å². The van der Waals surface area contributed by atoms with Crippen LogP contribution in [0.1, 0.15) is 127 Å². The number of methoxy groups -OCH3 is 1. The van der Waals surface area contributed by atoms with Gasteiger partial charge in [-0.15, -0.1) is 0 Å². The van der Waals surface area contributed by atoms with Crippen LogP contribution in [0.4, 0.5) is 10.5 Å². The molecule has 1 spiro atoms. The van der Waals surface area contributed by atoms with Crippen molar-refractivity contribution in [2.24, 2.45) is 11.8 Å². The number of aromatic nitrogens is 2. The van der Waals surface area contributed by atoms with E-state index >= 15 is 0 Å². The van der Waals surface area contributed by atoms with E-state index in [4.69, 9.17) is 74.2 Å². The van der Waals surface area contributed by atoms with Gasteiger partial charge >= 0.3 is 12.1 Å². The number of ether oxygens (including phenoxy) is 13. The van der Waals surface area contributed by atoms with Gasteiger partial charge in [0.15, 0.2) is 11.9 Å². The number of aliphatic hydroxyl groups excluding tert-OH is 4. The Morgan fingerprint density at radius 3 is 2.35 bits per heavy atom. The van der Waals surface area contributed by atoms with Crippen molar-refractivity contribution in [3.05, 3.63) is 66.0 Å². The standard InChI is InChI=1S/C69H91N5O23S.Tb/c1-34-22-41-11-14-46-35(2)23-43(88-46)16-18-69-29-52-60(96-69)62-63(93-52)64(97-69)59-48(92-62)15-12-42(90-59)25-39(75)26-44-50(28-49(89-41)36(34)3)91-51(58(44)85-4)27-40(76)32-73-68(84)87-33-37-10-13-47(94-66-57(81)55(79)56(80)61(95-66)65(82)83)45(24-37)74-54(78)17-20-86-21-19-70-53(77)9-7-5-6-8-38-30-71-67(98)72-31-38;/h10,13,24,30-31,34,40-44,46,48-52,55-64,66,76,79-81H,2-3,5,7,9,11-12,14-23,25-29,32-33H2,1,4H3,(H,70,77)(H,73,84)(H,74,78)(H,82,83)(H,71,72,98);/p-1/t34-,40+,41+,42-,43+,44+,46?,48+,49-,50+,51-,52?,55+,56+,57-,58-,59+,60+,61+,62+,63-,64+,66-,69+;/m1./s1. The molecule has 0 aliphatic carbocycles. The molecular weight excluding hydrogens is 1460 g/mol. The Hall–Kier alpha value is -4.60. The molecule has 11 aliphatic heterocycles. The van der Waals surface area contributed by atoms with E-state index in [0.29, 0.717) is 56.1 Å². The Balaban J connectivity index is 0.00000990. The van der Waals surface area contributed by atoms with E-state index in [1.54, 1.807) is 7.11 Å². The summed E-state index contributed by atoms with van der Waals surface area (Å²) >= 11 is 4.88. The molecule has 545 valence electrons. The Kier molecular flexibility index (Phi) is 25.9. The number of amides is 3. The molecule has 1 aromatic carbocycles. The Morgan fingerprint density at radius 2 is 1.56 bits per heavy atom. The number of Topliss-reactive ketones (excluding diaryl/α,β-unsaturated/α-hetero) is 1. The number of alkyl carbamates (subject to hydrolysis) is 1. The van der Waals surface area contributed by atoms with Gasteiger partial charge in [-0.1, -0.05) is 38.0 Å². The molecule has 11 aliphatic rings. The number of aliphatic carboxylic acids is 1. The number of carboxylic acids is 1. The zero-order chi connectivity index (χ0) is 68.9. The van der Waals surface area contributed by atoms with Crippen LogP contribution < -0.4 is 20.7 Å². The number of rotatable bonds is 20. The van der Waals surface area contributed by atoms with Crippen LogP contribution >= 0.6 is 0 Å². The maximum absolute atomic E-state index is 14.6. The fourth-order valence-corrected chi connectivity index (χ4v) is 15.6. The SMILES string of the molecule is C=C1C[C@@H]2CC[C@@]34CC5O[C@H]6[C@@H](O3)[C@H]3O[C@H](CC[C@@H]3O[C@H]6[C@H]5O4)CC(=O)C[C@@H]3[C@@H](OC)[C@@H](C[C@H](O)CNC(=O)OCc4ccc(O[C@@H]5O[C@H](C(=O)O)[C@@H](O)[C@H](O)[C@H]5O)c(NC(=O)CCOCCNC(=O)CCCC#Cc5cnc([S-])nc5)c4)O[C@H]3C[C@H]3O[C@@H](CCC1O2)C[C@@H](C)C3=C.[Tb]. The Morgan fingerprint density at radius 1 is 0.798 bits per heavy atom. The molecule has 13 rings (SSSR count). The summed E-state index contributed by atoms with van der Waals surface area (Å²) in [5.74, 6) is 2.04. The van der Waals surface area contributed by atoms with E-state index < -0.39 is 109 Å². The molecule has 1 aromatic heterocycles. The largest absolute Gasteiger partial charge is 0.740 e. The second-order valence-electron chi connectivity index (χ2n) is 27.5. The fraction of sp³-hybridized carbons (Fsp3) is 0.696. The van der Waals surface area contributed by atoms with Gasteiger partial charge in [0.1, 0.15) is 67.0 Å². The van der Waals surface area contributed by atoms with Crippen LogP contribution in [-0.2, 0) is 95.3 Å². The normalized spacial score (nSPS) is 37.2. The second-order valence-corrected chi connectivity index (χ2v) is 27.9. The number of nitrogens with one attached hydrogen (secondary N) is 3. The Labute approximate surface area is 610 Å². The molecule has 0 saturated carbocycles. The molecule has 1 radical (unpaired) electrons. The average Bonchev–Trinajstić information content (AvgIpc) is 1.55. The van der Waals surface area contributed by atoms with E-state index in [-0.39, 0.29) is 187 Å². The predicted molar refractivity (Wildman–Crippen MR) is 342 cm³/mol. The van der Waals surface area contributed by atoms with E-state index in [0.717, 1.165) is 43.3 Å². The average molecular weight is 1550 g/mol. The smallest absolute Gasteiger partial charge is 0.407 e. The number of carboxylic acid groups (broad SMARTS) is 1. The quantitative estimate of drug-likeness (QED) is 0.0310.